The molecular weight excluding hydrogens is 262 g/mol. The lowest BCUT2D eigenvalue weighted by Gasteiger charge is -2.13. The van der Waals surface area contributed by atoms with Crippen molar-refractivity contribution in [1.29, 1.82) is 0 Å². The molecule has 0 unspecified atom stereocenters. The zero-order valence-corrected chi connectivity index (χ0v) is 12.5. The molecule has 0 aliphatic carbocycles. The molecule has 1 aromatic carbocycles. The molecule has 1 aliphatic heterocycles. The smallest absolute Gasteiger partial charge is 0.261 e. The SMILES string of the molecule is C=CCCCCCCCCN1C(=O)c2ccccc2C1=O. The Morgan fingerprint density at radius 3 is 1.95 bits per heavy atom. The normalized spacial score (nSPS) is 13.6. The van der Waals surface area contributed by atoms with Gasteiger partial charge in [0, 0.05) is 6.54 Å². The van der Waals surface area contributed by atoms with Crippen LogP contribution in [0.25, 0.3) is 0 Å². The molecular formula is C18H23NO2. The summed E-state index contributed by atoms with van der Waals surface area (Å²) in [7, 11) is 0. The zero-order valence-electron chi connectivity index (χ0n) is 12.5. The van der Waals surface area contributed by atoms with Gasteiger partial charge in [0.15, 0.2) is 0 Å². The van der Waals surface area contributed by atoms with Crippen LogP contribution >= 0.6 is 0 Å². The van der Waals surface area contributed by atoms with Crippen molar-refractivity contribution < 1.29 is 9.59 Å². The summed E-state index contributed by atoms with van der Waals surface area (Å²) in [5, 5.41) is 0. The molecule has 2 rings (SSSR count). The van der Waals surface area contributed by atoms with Crippen LogP contribution in [0.15, 0.2) is 36.9 Å². The van der Waals surface area contributed by atoms with Crippen molar-refractivity contribution in [2.24, 2.45) is 0 Å². The van der Waals surface area contributed by atoms with Gasteiger partial charge >= 0.3 is 0 Å². The Labute approximate surface area is 126 Å². The van der Waals surface area contributed by atoms with E-state index in [0.717, 1.165) is 19.3 Å². The maximum atomic E-state index is 12.1. The summed E-state index contributed by atoms with van der Waals surface area (Å²) < 4.78 is 0. The third-order valence-electron chi connectivity index (χ3n) is 3.92. The van der Waals surface area contributed by atoms with Gasteiger partial charge in [-0.2, -0.15) is 0 Å². The number of amides is 2. The topological polar surface area (TPSA) is 37.4 Å². The molecule has 0 spiro atoms. The van der Waals surface area contributed by atoms with E-state index in [9.17, 15) is 9.59 Å². The summed E-state index contributed by atoms with van der Waals surface area (Å²) in [6, 6.07) is 7.07. The molecule has 3 heteroatoms. The van der Waals surface area contributed by atoms with Crippen molar-refractivity contribution in [3.63, 3.8) is 0 Å². The Balaban J connectivity index is 1.70. The molecule has 0 saturated heterocycles. The van der Waals surface area contributed by atoms with Crippen LogP contribution in [0.3, 0.4) is 0 Å². The van der Waals surface area contributed by atoms with Crippen LogP contribution in [-0.4, -0.2) is 23.3 Å². The minimum Gasteiger partial charge on any atom is -0.274 e. The Morgan fingerprint density at radius 1 is 0.857 bits per heavy atom. The van der Waals surface area contributed by atoms with Crippen LogP contribution in [-0.2, 0) is 0 Å². The number of hydrogen-bond donors (Lipinski definition) is 0. The Morgan fingerprint density at radius 2 is 1.38 bits per heavy atom. The largest absolute Gasteiger partial charge is 0.274 e. The van der Waals surface area contributed by atoms with E-state index in [0.29, 0.717) is 17.7 Å². The first-order chi connectivity index (χ1) is 10.3. The molecule has 0 fully saturated rings. The van der Waals surface area contributed by atoms with Crippen LogP contribution in [0.5, 0.6) is 0 Å². The summed E-state index contributed by atoms with van der Waals surface area (Å²) in [6.07, 6.45) is 9.85. The number of benzene rings is 1. The second kappa shape index (κ2) is 7.77. The van der Waals surface area contributed by atoms with E-state index >= 15 is 0 Å². The minimum absolute atomic E-state index is 0.137. The first-order valence-corrected chi connectivity index (χ1v) is 7.82. The third kappa shape index (κ3) is 3.81. The number of carbonyl (C=O) groups is 2. The highest BCUT2D eigenvalue weighted by Crippen LogP contribution is 2.22. The molecule has 1 aromatic rings. The van der Waals surface area contributed by atoms with Gasteiger partial charge < -0.3 is 0 Å². The molecule has 3 nitrogen and oxygen atoms in total. The van der Waals surface area contributed by atoms with E-state index in [2.05, 4.69) is 6.58 Å². The van der Waals surface area contributed by atoms with Gasteiger partial charge in [0.05, 0.1) is 11.1 Å². The zero-order chi connectivity index (χ0) is 15.1. The second-order valence-electron chi connectivity index (χ2n) is 5.51. The highest BCUT2D eigenvalue weighted by Gasteiger charge is 2.34. The summed E-state index contributed by atoms with van der Waals surface area (Å²) in [5.41, 5.74) is 1.10. The van der Waals surface area contributed by atoms with Gasteiger partial charge in [-0.1, -0.05) is 43.9 Å². The fourth-order valence-electron chi connectivity index (χ4n) is 2.71. The molecule has 0 aromatic heterocycles. The number of carbonyl (C=O) groups excluding carboxylic acids is 2. The van der Waals surface area contributed by atoms with Crippen molar-refractivity contribution in [3.05, 3.63) is 48.0 Å². The molecule has 0 bridgehead atoms. The Hall–Kier alpha value is -1.90. The van der Waals surface area contributed by atoms with Gasteiger partial charge in [-0.05, 0) is 31.4 Å². The fraction of sp³-hybridized carbons (Fsp3) is 0.444. The average Bonchev–Trinajstić information content (AvgIpc) is 2.75. The first kappa shape index (κ1) is 15.5. The third-order valence-corrected chi connectivity index (χ3v) is 3.92. The van der Waals surface area contributed by atoms with E-state index in [1.165, 1.54) is 30.6 Å². The predicted octanol–water partition coefficient (Wildman–Crippen LogP) is 4.20. The fourth-order valence-corrected chi connectivity index (χ4v) is 2.71. The van der Waals surface area contributed by atoms with Crippen LogP contribution < -0.4 is 0 Å². The summed E-state index contributed by atoms with van der Waals surface area (Å²) in [4.78, 5) is 25.7. The van der Waals surface area contributed by atoms with Gasteiger partial charge in [0.25, 0.3) is 11.8 Å². The van der Waals surface area contributed by atoms with Gasteiger partial charge in [0.1, 0.15) is 0 Å². The van der Waals surface area contributed by atoms with Gasteiger partial charge in [-0.3, -0.25) is 14.5 Å². The van der Waals surface area contributed by atoms with E-state index in [1.54, 1.807) is 24.3 Å². The van der Waals surface area contributed by atoms with Crippen molar-refractivity contribution in [2.45, 2.75) is 44.9 Å². The maximum absolute atomic E-state index is 12.1. The van der Waals surface area contributed by atoms with E-state index in [-0.39, 0.29) is 11.8 Å². The number of rotatable bonds is 9. The number of nitrogens with zero attached hydrogens (tertiary/aromatic N) is 1. The molecule has 1 aliphatic rings. The molecule has 0 radical (unpaired) electrons. The van der Waals surface area contributed by atoms with Crippen molar-refractivity contribution >= 4 is 11.8 Å². The molecule has 21 heavy (non-hydrogen) atoms. The lowest BCUT2D eigenvalue weighted by Crippen LogP contribution is -2.30. The maximum Gasteiger partial charge on any atom is 0.261 e. The van der Waals surface area contributed by atoms with Crippen LogP contribution in [0.4, 0.5) is 0 Å². The summed E-state index contributed by atoms with van der Waals surface area (Å²) >= 11 is 0. The van der Waals surface area contributed by atoms with E-state index in [1.807, 2.05) is 6.08 Å². The van der Waals surface area contributed by atoms with Crippen LogP contribution in [0.1, 0.15) is 65.7 Å². The number of allylic oxidation sites excluding steroid dienone is 1. The van der Waals surface area contributed by atoms with Crippen LogP contribution in [0, 0.1) is 0 Å². The molecule has 0 N–H and O–H groups in total. The molecule has 0 atom stereocenters. The number of hydrogen-bond acceptors (Lipinski definition) is 2. The highest BCUT2D eigenvalue weighted by molar-refractivity contribution is 6.21. The predicted molar refractivity (Wildman–Crippen MR) is 84.3 cm³/mol. The minimum atomic E-state index is -0.137. The summed E-state index contributed by atoms with van der Waals surface area (Å²) in [5.74, 6) is -0.275. The lowest BCUT2D eigenvalue weighted by molar-refractivity contribution is 0.0651. The van der Waals surface area contributed by atoms with Crippen molar-refractivity contribution in [2.75, 3.05) is 6.54 Å². The highest BCUT2D eigenvalue weighted by atomic mass is 16.2. The van der Waals surface area contributed by atoms with Gasteiger partial charge in [-0.15, -0.1) is 6.58 Å². The number of imide groups is 1. The Bertz CT molecular complexity index is 487. The van der Waals surface area contributed by atoms with Gasteiger partial charge in [0.2, 0.25) is 0 Å². The monoisotopic (exact) mass is 285 g/mol. The quantitative estimate of drug-likeness (QED) is 0.387. The Kier molecular flexibility index (Phi) is 5.73. The van der Waals surface area contributed by atoms with Crippen molar-refractivity contribution in [3.8, 4) is 0 Å². The standard InChI is InChI=1S/C18H23NO2/c1-2-3-4-5-6-7-8-11-14-19-17(20)15-12-9-10-13-16(15)18(19)21/h2,9-10,12-13H,1,3-8,11,14H2. The average molecular weight is 285 g/mol. The number of unbranched alkanes of at least 4 members (excludes halogenated alkanes) is 6. The van der Waals surface area contributed by atoms with E-state index < -0.39 is 0 Å². The summed E-state index contributed by atoms with van der Waals surface area (Å²) in [6.45, 7) is 4.25. The van der Waals surface area contributed by atoms with Crippen LogP contribution in [0.2, 0.25) is 0 Å². The van der Waals surface area contributed by atoms with Crippen molar-refractivity contribution in [1.82, 2.24) is 4.90 Å². The lowest BCUT2D eigenvalue weighted by atomic mass is 10.1. The molecule has 112 valence electrons. The van der Waals surface area contributed by atoms with Gasteiger partial charge in [-0.25, -0.2) is 0 Å². The number of fused-ring (bicyclic) bond motifs is 1. The molecule has 2 amide bonds. The first-order valence-electron chi connectivity index (χ1n) is 7.82. The molecule has 1 heterocycles. The molecule has 0 saturated carbocycles. The second-order valence-corrected chi connectivity index (χ2v) is 5.51. The van der Waals surface area contributed by atoms with E-state index in [4.69, 9.17) is 0 Å².